The summed E-state index contributed by atoms with van der Waals surface area (Å²) in [4.78, 5) is 48.0. The van der Waals surface area contributed by atoms with Gasteiger partial charge in [0.1, 0.15) is 0 Å². The van der Waals surface area contributed by atoms with Gasteiger partial charge in [-0.2, -0.15) is 0 Å². The monoisotopic (exact) mass is 796 g/mol. The fourth-order valence-electron chi connectivity index (χ4n) is 12.8. The minimum atomic E-state index is -0.758. The molecule has 0 aromatic carbocycles. The zero-order chi connectivity index (χ0) is 36.0. The van der Waals surface area contributed by atoms with E-state index in [0.717, 1.165) is 12.8 Å². The van der Waals surface area contributed by atoms with Crippen LogP contribution in [0.4, 0.5) is 0 Å². The number of nitro groups is 4. The summed E-state index contributed by atoms with van der Waals surface area (Å²) in [6, 6.07) is -2.70. The van der Waals surface area contributed by atoms with Gasteiger partial charge in [-0.25, -0.2) is 0 Å². The third-order valence-electron chi connectivity index (χ3n) is 15.2. The summed E-state index contributed by atoms with van der Waals surface area (Å²) < 4.78 is 0. The first-order valence-electron chi connectivity index (χ1n) is 19.7. The Morgan fingerprint density at radius 1 is 0.358 bits per heavy atom. The summed E-state index contributed by atoms with van der Waals surface area (Å²) in [6.45, 7) is 0. The van der Waals surface area contributed by atoms with E-state index in [2.05, 4.69) is 42.5 Å². The molecule has 9 aliphatic rings. The van der Waals surface area contributed by atoms with Gasteiger partial charge in [0, 0.05) is 84.1 Å². The molecule has 20 atom stereocenters. The fourth-order valence-corrected chi connectivity index (χ4v) is 12.8. The molecule has 5 saturated heterocycles. The Labute approximate surface area is 319 Å². The zero-order valence-electron chi connectivity index (χ0n) is 29.8. The van der Waals surface area contributed by atoms with Crippen molar-refractivity contribution in [3.05, 3.63) is 40.5 Å². The van der Waals surface area contributed by atoms with Gasteiger partial charge in [-0.15, -0.1) is 0 Å². The van der Waals surface area contributed by atoms with Gasteiger partial charge in [0.05, 0.1) is 55.2 Å². The molecule has 5 aliphatic heterocycles. The number of rotatable bonds is 4. The first-order chi connectivity index (χ1) is 25.0. The maximum absolute atomic E-state index is 12.5. The van der Waals surface area contributed by atoms with E-state index in [4.69, 9.17) is 0 Å². The summed E-state index contributed by atoms with van der Waals surface area (Å²) in [5.41, 5.74) is 0. The van der Waals surface area contributed by atoms with Crippen LogP contribution in [0.3, 0.4) is 0 Å². The maximum Gasteiger partial charge on any atom is 0.219 e. The summed E-state index contributed by atoms with van der Waals surface area (Å²) in [6.07, 6.45) is 4.59. The molecule has 0 aromatic rings. The third-order valence-corrected chi connectivity index (χ3v) is 15.2. The predicted octanol–water partition coefficient (Wildman–Crippen LogP) is -0.376. The van der Waals surface area contributed by atoms with E-state index >= 15 is 0 Å². The molecule has 20 nitrogen and oxygen atoms in total. The number of nitrogens with zero attached hydrogens (tertiary/aromatic N) is 4. The van der Waals surface area contributed by atoms with Crippen molar-refractivity contribution >= 4 is 0 Å². The molecular formula is C32H52N12O8Zn. The van der Waals surface area contributed by atoms with Crippen LogP contribution in [0.25, 0.3) is 0 Å². The summed E-state index contributed by atoms with van der Waals surface area (Å²) >= 11 is 0. The molecule has 4 saturated carbocycles. The molecule has 20 unspecified atom stereocenters. The van der Waals surface area contributed by atoms with Crippen molar-refractivity contribution in [3.8, 4) is 0 Å². The molecule has 4 aliphatic carbocycles. The first kappa shape index (κ1) is 37.8. The molecule has 0 radical (unpaired) electrons. The van der Waals surface area contributed by atoms with Crippen molar-refractivity contribution in [1.82, 2.24) is 42.5 Å². The van der Waals surface area contributed by atoms with E-state index in [1.54, 1.807) is 0 Å². The summed E-state index contributed by atoms with van der Waals surface area (Å²) in [7, 11) is 0. The van der Waals surface area contributed by atoms with Crippen molar-refractivity contribution in [1.29, 1.82) is 0 Å². The van der Waals surface area contributed by atoms with Crippen molar-refractivity contribution in [2.24, 2.45) is 47.3 Å². The molecule has 9 fully saturated rings. The molecule has 9 rings (SSSR count). The second-order valence-corrected chi connectivity index (χ2v) is 17.4. The van der Waals surface area contributed by atoms with E-state index in [1.807, 2.05) is 0 Å². The average Bonchev–Trinajstić information content (AvgIpc) is 3.86. The van der Waals surface area contributed by atoms with Crippen LogP contribution in [-0.2, 0) is 19.5 Å². The Kier molecular flexibility index (Phi) is 10.5. The van der Waals surface area contributed by atoms with E-state index in [1.165, 1.54) is 0 Å². The number of nitrogens with one attached hydrogen (secondary N) is 8. The van der Waals surface area contributed by atoms with Crippen LogP contribution in [-0.4, -0.2) is 93.2 Å². The minimum Gasteiger partial charge on any atom is -0.286 e. The van der Waals surface area contributed by atoms with E-state index in [0.29, 0.717) is 64.2 Å². The van der Waals surface area contributed by atoms with Gasteiger partial charge < -0.3 is 0 Å². The molecule has 5 heterocycles. The van der Waals surface area contributed by atoms with Gasteiger partial charge in [0.2, 0.25) is 24.2 Å². The van der Waals surface area contributed by atoms with Crippen molar-refractivity contribution < 1.29 is 39.2 Å². The van der Waals surface area contributed by atoms with Gasteiger partial charge in [-0.3, -0.25) is 83.0 Å². The van der Waals surface area contributed by atoms with E-state index in [9.17, 15) is 40.5 Å². The van der Waals surface area contributed by atoms with E-state index < -0.39 is 30.3 Å². The van der Waals surface area contributed by atoms with Crippen LogP contribution in [0.5, 0.6) is 0 Å². The quantitative estimate of drug-likeness (QED) is 0.102. The molecular weight excluding hydrogens is 746 g/mol. The minimum absolute atomic E-state index is 0. The Hall–Kier alpha value is -2.10. The number of fused-ring (bicyclic) bond motifs is 20. The second-order valence-electron chi connectivity index (χ2n) is 17.4. The SMILES string of the molecule is O=[N+]([O-])C1CCC2C3NC(NC4NC(NC5NC(NC6NC(N3)C3CCC([N+](=O)[O-])CC63)C3CCCC([N+](=O)[O-])C53)C3CC([N+](=O)[O-])CCC43)C2C1.[Zn]. The average molecular weight is 798 g/mol. The van der Waals surface area contributed by atoms with Crippen molar-refractivity contribution in [3.63, 3.8) is 0 Å². The fraction of sp³-hybridized carbons (Fsp3) is 1.00. The topological polar surface area (TPSA) is 269 Å². The largest absolute Gasteiger partial charge is 0.286 e. The Morgan fingerprint density at radius 2 is 0.679 bits per heavy atom. The molecule has 8 bridgehead atoms. The van der Waals surface area contributed by atoms with Crippen LogP contribution in [0.15, 0.2) is 0 Å². The third kappa shape index (κ3) is 6.68. The van der Waals surface area contributed by atoms with Crippen LogP contribution >= 0.6 is 0 Å². The van der Waals surface area contributed by atoms with Gasteiger partial charge in [-0.1, -0.05) is 0 Å². The molecule has 0 spiro atoms. The van der Waals surface area contributed by atoms with Crippen molar-refractivity contribution in [2.45, 2.75) is 151 Å². The van der Waals surface area contributed by atoms with Crippen LogP contribution in [0, 0.1) is 87.8 Å². The number of hydrogen-bond acceptors (Lipinski definition) is 16. The van der Waals surface area contributed by atoms with Gasteiger partial charge in [0.15, 0.2) is 0 Å². The predicted molar refractivity (Wildman–Crippen MR) is 182 cm³/mol. The smallest absolute Gasteiger partial charge is 0.219 e. The van der Waals surface area contributed by atoms with Crippen molar-refractivity contribution in [2.75, 3.05) is 0 Å². The van der Waals surface area contributed by atoms with E-state index in [-0.39, 0.29) is 130 Å². The van der Waals surface area contributed by atoms with Gasteiger partial charge >= 0.3 is 0 Å². The Balaban J connectivity index is 0.00000400. The van der Waals surface area contributed by atoms with Gasteiger partial charge in [-0.05, 0) is 73.5 Å². The summed E-state index contributed by atoms with van der Waals surface area (Å²) in [5, 5.41) is 79.0. The van der Waals surface area contributed by atoms with Crippen LogP contribution < -0.4 is 42.5 Å². The molecule has 290 valence electrons. The second kappa shape index (κ2) is 14.8. The number of hydrogen-bond donors (Lipinski definition) is 8. The van der Waals surface area contributed by atoms with Crippen LogP contribution in [0.1, 0.15) is 77.0 Å². The normalized spacial score (nSPS) is 51.5. The Morgan fingerprint density at radius 3 is 1.02 bits per heavy atom. The Bertz CT molecular complexity index is 1450. The first-order valence-corrected chi connectivity index (χ1v) is 19.7. The maximum atomic E-state index is 12.5. The van der Waals surface area contributed by atoms with Crippen LogP contribution in [0.2, 0.25) is 0 Å². The summed E-state index contributed by atoms with van der Waals surface area (Å²) in [5.74, 6) is -0.264. The molecule has 21 heteroatoms. The molecule has 0 aromatic heterocycles. The zero-order valence-corrected chi connectivity index (χ0v) is 32.8. The molecule has 53 heavy (non-hydrogen) atoms. The molecule has 8 N–H and O–H groups in total. The molecule has 0 amide bonds. The standard InChI is InChI=1S/C32H52N12O8.Zn/c45-41(46)13-4-7-16-20(10-13)29-34-25(16)33-26-17-8-5-14(42(47)48)11-21(17)30(35-26)38-28-19-2-1-3-23(44(51)52)24(19)32(39-28)40-31-22-12-15(43(49)50)6-9-18(22)27(36-29)37-31;/h13-40H,1-12H2;. The van der Waals surface area contributed by atoms with Gasteiger partial charge in [0.25, 0.3) is 0 Å².